The number of nitrogens with one attached hydrogen (secondary N) is 1. The lowest BCUT2D eigenvalue weighted by atomic mass is 9.89. The Morgan fingerprint density at radius 2 is 1.76 bits per heavy atom. The predicted octanol–water partition coefficient (Wildman–Crippen LogP) is 4.42. The first-order valence-electron chi connectivity index (χ1n) is 8.76. The van der Waals surface area contributed by atoms with Gasteiger partial charge in [-0.1, -0.05) is 25.3 Å². The molecule has 0 aromatic heterocycles. The molecule has 2 fully saturated rings. The van der Waals surface area contributed by atoms with Gasteiger partial charge >= 0.3 is 0 Å². The van der Waals surface area contributed by atoms with Crippen LogP contribution in [-0.2, 0) is 0 Å². The minimum absolute atomic E-state index is 0.711. The van der Waals surface area contributed by atoms with Crippen molar-refractivity contribution < 1.29 is 4.74 Å². The van der Waals surface area contributed by atoms with Crippen LogP contribution in [0.25, 0.3) is 0 Å². The van der Waals surface area contributed by atoms with Crippen LogP contribution in [0.15, 0.2) is 18.2 Å². The molecule has 1 aromatic carbocycles. The first-order valence-corrected chi connectivity index (χ1v) is 8.76. The van der Waals surface area contributed by atoms with Crippen molar-refractivity contribution in [2.75, 3.05) is 19.7 Å². The van der Waals surface area contributed by atoms with Gasteiger partial charge in [-0.15, -0.1) is 0 Å². The molecule has 2 heteroatoms. The van der Waals surface area contributed by atoms with Crippen molar-refractivity contribution in [1.29, 1.82) is 0 Å². The Hall–Kier alpha value is -1.02. The van der Waals surface area contributed by atoms with Gasteiger partial charge in [0, 0.05) is 0 Å². The Bertz CT molecular complexity index is 445. The van der Waals surface area contributed by atoms with Gasteiger partial charge in [-0.25, -0.2) is 0 Å². The summed E-state index contributed by atoms with van der Waals surface area (Å²) < 4.78 is 6.14. The van der Waals surface area contributed by atoms with E-state index in [9.17, 15) is 0 Å². The van der Waals surface area contributed by atoms with Crippen LogP contribution >= 0.6 is 0 Å². The molecular formula is C19H29NO. The third-order valence-corrected chi connectivity index (χ3v) is 5.09. The van der Waals surface area contributed by atoms with Crippen molar-refractivity contribution in [3.63, 3.8) is 0 Å². The molecule has 1 saturated heterocycles. The van der Waals surface area contributed by atoms with Gasteiger partial charge in [0.25, 0.3) is 0 Å². The highest BCUT2D eigenvalue weighted by Crippen LogP contribution is 2.30. The van der Waals surface area contributed by atoms with Gasteiger partial charge in [-0.3, -0.25) is 0 Å². The van der Waals surface area contributed by atoms with Crippen LogP contribution in [0.5, 0.6) is 5.75 Å². The van der Waals surface area contributed by atoms with Gasteiger partial charge in [0.15, 0.2) is 0 Å². The lowest BCUT2D eigenvalue weighted by molar-refractivity contribution is 0.208. The van der Waals surface area contributed by atoms with Crippen LogP contribution in [0.4, 0.5) is 0 Å². The molecule has 2 aliphatic rings. The average molecular weight is 287 g/mol. The lowest BCUT2D eigenvalue weighted by Gasteiger charge is -2.25. The minimum atomic E-state index is 0.711. The molecule has 3 rings (SSSR count). The lowest BCUT2D eigenvalue weighted by Crippen LogP contribution is -2.26. The van der Waals surface area contributed by atoms with E-state index >= 15 is 0 Å². The zero-order valence-electron chi connectivity index (χ0n) is 13.4. The fourth-order valence-electron chi connectivity index (χ4n) is 3.82. The van der Waals surface area contributed by atoms with Crippen molar-refractivity contribution in [3.8, 4) is 5.75 Å². The van der Waals surface area contributed by atoms with Crippen molar-refractivity contribution in [2.45, 2.75) is 57.8 Å². The number of aryl methyl sites for hydroxylation is 1. The number of benzene rings is 1. The monoisotopic (exact) mass is 287 g/mol. The topological polar surface area (TPSA) is 21.3 Å². The van der Waals surface area contributed by atoms with E-state index in [0.717, 1.165) is 31.4 Å². The molecule has 1 aromatic rings. The maximum Gasteiger partial charge on any atom is 0.119 e. The van der Waals surface area contributed by atoms with Gasteiger partial charge in [-0.2, -0.15) is 0 Å². The predicted molar refractivity (Wildman–Crippen MR) is 88.1 cm³/mol. The Morgan fingerprint density at radius 1 is 1.00 bits per heavy atom. The Kier molecular flexibility index (Phi) is 5.18. The quantitative estimate of drug-likeness (QED) is 0.885. The van der Waals surface area contributed by atoms with Crippen LogP contribution in [0.3, 0.4) is 0 Å². The van der Waals surface area contributed by atoms with Gasteiger partial charge in [0.05, 0.1) is 6.61 Å². The highest BCUT2D eigenvalue weighted by Gasteiger charge is 2.17. The molecule has 1 saturated carbocycles. The van der Waals surface area contributed by atoms with Crippen molar-refractivity contribution in [3.05, 3.63) is 29.3 Å². The highest BCUT2D eigenvalue weighted by molar-refractivity contribution is 5.36. The molecular weight excluding hydrogens is 258 g/mol. The molecule has 0 spiro atoms. The summed E-state index contributed by atoms with van der Waals surface area (Å²) in [6, 6.07) is 6.85. The summed E-state index contributed by atoms with van der Waals surface area (Å²) in [5, 5.41) is 3.45. The second-order valence-corrected chi connectivity index (χ2v) is 6.92. The van der Waals surface area contributed by atoms with E-state index in [1.807, 2.05) is 0 Å². The van der Waals surface area contributed by atoms with E-state index in [1.165, 1.54) is 56.1 Å². The van der Waals surface area contributed by atoms with Crippen LogP contribution in [0, 0.1) is 12.8 Å². The fraction of sp³-hybridized carbons (Fsp3) is 0.684. The van der Waals surface area contributed by atoms with Gasteiger partial charge in [0.2, 0.25) is 0 Å². The summed E-state index contributed by atoms with van der Waals surface area (Å²) in [5.74, 6) is 2.58. The molecule has 0 unspecified atom stereocenters. The highest BCUT2D eigenvalue weighted by atomic mass is 16.5. The third-order valence-electron chi connectivity index (χ3n) is 5.09. The minimum Gasteiger partial charge on any atom is -0.493 e. The van der Waals surface area contributed by atoms with Crippen LogP contribution < -0.4 is 10.1 Å². The number of hydrogen-bond donors (Lipinski definition) is 1. The summed E-state index contributed by atoms with van der Waals surface area (Å²) in [6.07, 6.45) is 9.42. The first kappa shape index (κ1) is 14.9. The molecule has 116 valence electrons. The van der Waals surface area contributed by atoms with E-state index < -0.39 is 0 Å². The number of piperidine rings is 1. The molecule has 1 aliphatic heterocycles. The van der Waals surface area contributed by atoms with Crippen molar-refractivity contribution in [1.82, 2.24) is 5.32 Å². The number of hydrogen-bond acceptors (Lipinski definition) is 2. The molecule has 0 atom stereocenters. The van der Waals surface area contributed by atoms with E-state index in [1.54, 1.807) is 0 Å². The second kappa shape index (κ2) is 7.31. The Balaban J connectivity index is 1.62. The number of rotatable bonds is 4. The largest absolute Gasteiger partial charge is 0.493 e. The van der Waals surface area contributed by atoms with Crippen molar-refractivity contribution >= 4 is 0 Å². The summed E-state index contributed by atoms with van der Waals surface area (Å²) in [6.45, 7) is 5.40. The van der Waals surface area contributed by atoms with E-state index in [4.69, 9.17) is 4.74 Å². The fourth-order valence-corrected chi connectivity index (χ4v) is 3.82. The molecule has 0 amide bonds. The second-order valence-electron chi connectivity index (χ2n) is 6.92. The molecule has 0 radical (unpaired) electrons. The van der Waals surface area contributed by atoms with Gasteiger partial charge in [-0.05, 0) is 80.8 Å². The van der Waals surface area contributed by atoms with E-state index in [2.05, 4.69) is 30.4 Å². The molecule has 2 nitrogen and oxygen atoms in total. The molecule has 1 N–H and O–H groups in total. The molecule has 21 heavy (non-hydrogen) atoms. The SMILES string of the molecule is Cc1cc(OCC2CCCCC2)cc(C2CCNCC2)c1. The molecule has 1 aliphatic carbocycles. The Labute approximate surface area is 129 Å². The zero-order valence-corrected chi connectivity index (χ0v) is 13.4. The van der Waals surface area contributed by atoms with Gasteiger partial charge < -0.3 is 10.1 Å². The summed E-state index contributed by atoms with van der Waals surface area (Å²) >= 11 is 0. The maximum atomic E-state index is 6.14. The molecule has 0 bridgehead atoms. The van der Waals surface area contributed by atoms with Crippen LogP contribution in [0.1, 0.15) is 62.0 Å². The third kappa shape index (κ3) is 4.23. The normalized spacial score (nSPS) is 21.4. The summed E-state index contributed by atoms with van der Waals surface area (Å²) in [7, 11) is 0. The standard InChI is InChI=1S/C19H29NO/c1-15-11-18(17-7-9-20-10-8-17)13-19(12-15)21-14-16-5-3-2-4-6-16/h11-13,16-17,20H,2-10,14H2,1H3. The van der Waals surface area contributed by atoms with E-state index in [-0.39, 0.29) is 0 Å². The smallest absolute Gasteiger partial charge is 0.119 e. The zero-order chi connectivity index (χ0) is 14.5. The average Bonchev–Trinajstić information content (AvgIpc) is 2.54. The van der Waals surface area contributed by atoms with Crippen LogP contribution in [0.2, 0.25) is 0 Å². The van der Waals surface area contributed by atoms with Crippen LogP contribution in [-0.4, -0.2) is 19.7 Å². The summed E-state index contributed by atoms with van der Waals surface area (Å²) in [4.78, 5) is 0. The maximum absolute atomic E-state index is 6.14. The number of ether oxygens (including phenoxy) is 1. The summed E-state index contributed by atoms with van der Waals surface area (Å²) in [5.41, 5.74) is 2.82. The van der Waals surface area contributed by atoms with E-state index in [0.29, 0.717) is 5.92 Å². The molecule has 1 heterocycles. The van der Waals surface area contributed by atoms with Gasteiger partial charge in [0.1, 0.15) is 5.75 Å². The first-order chi connectivity index (χ1) is 10.3. The Morgan fingerprint density at radius 3 is 2.52 bits per heavy atom. The van der Waals surface area contributed by atoms with Crippen molar-refractivity contribution in [2.24, 2.45) is 5.92 Å².